The maximum atomic E-state index is 11.1. The van der Waals surface area contributed by atoms with E-state index in [1.165, 1.54) is 11.1 Å². The summed E-state index contributed by atoms with van der Waals surface area (Å²) in [4.78, 5) is 11.1. The van der Waals surface area contributed by atoms with E-state index in [2.05, 4.69) is 12.2 Å². The molecule has 0 aliphatic heterocycles. The van der Waals surface area contributed by atoms with Gasteiger partial charge in [-0.05, 0) is 44.0 Å². The third kappa shape index (κ3) is 4.53. The number of nitrogens with one attached hydrogen (secondary N) is 1. The minimum atomic E-state index is -0.226. The molecule has 0 radical (unpaired) electrons. The molecule has 4 heteroatoms. The summed E-state index contributed by atoms with van der Waals surface area (Å²) in [6.45, 7) is 6.55. The SMILES string of the molecule is CCOC(=O)CNc1ccc(C)c(C)c1.Cl. The van der Waals surface area contributed by atoms with E-state index < -0.39 is 0 Å². The Morgan fingerprint density at radius 1 is 1.31 bits per heavy atom. The molecule has 0 aromatic heterocycles. The van der Waals surface area contributed by atoms with Crippen molar-refractivity contribution in [2.45, 2.75) is 20.8 Å². The van der Waals surface area contributed by atoms with Gasteiger partial charge in [-0.25, -0.2) is 0 Å². The summed E-state index contributed by atoms with van der Waals surface area (Å²) in [7, 11) is 0. The van der Waals surface area contributed by atoms with Crippen LogP contribution < -0.4 is 5.32 Å². The Labute approximate surface area is 103 Å². The molecule has 0 atom stereocenters. The molecule has 3 nitrogen and oxygen atoms in total. The maximum absolute atomic E-state index is 11.1. The monoisotopic (exact) mass is 243 g/mol. The molecule has 0 spiro atoms. The van der Waals surface area contributed by atoms with Crippen LogP contribution in [0.4, 0.5) is 5.69 Å². The van der Waals surface area contributed by atoms with E-state index in [1.54, 1.807) is 6.92 Å². The van der Waals surface area contributed by atoms with Gasteiger partial charge >= 0.3 is 5.97 Å². The minimum Gasteiger partial charge on any atom is -0.465 e. The molecule has 0 saturated heterocycles. The number of esters is 1. The first-order chi connectivity index (χ1) is 7.13. The van der Waals surface area contributed by atoms with Gasteiger partial charge < -0.3 is 10.1 Å². The van der Waals surface area contributed by atoms with Crippen molar-refractivity contribution in [2.24, 2.45) is 0 Å². The summed E-state index contributed by atoms with van der Waals surface area (Å²) in [6, 6.07) is 6.01. The average Bonchev–Trinajstić information content (AvgIpc) is 2.20. The fourth-order valence-corrected chi connectivity index (χ4v) is 1.24. The number of halogens is 1. The molecule has 16 heavy (non-hydrogen) atoms. The third-order valence-corrected chi connectivity index (χ3v) is 2.25. The first-order valence-electron chi connectivity index (χ1n) is 5.10. The van der Waals surface area contributed by atoms with Crippen LogP contribution >= 0.6 is 12.4 Å². The first kappa shape index (κ1) is 14.8. The Morgan fingerprint density at radius 2 is 2.00 bits per heavy atom. The average molecular weight is 244 g/mol. The molecule has 0 amide bonds. The molecule has 1 aromatic rings. The summed E-state index contributed by atoms with van der Waals surface area (Å²) in [6.07, 6.45) is 0. The largest absolute Gasteiger partial charge is 0.465 e. The van der Waals surface area contributed by atoms with E-state index in [-0.39, 0.29) is 24.9 Å². The van der Waals surface area contributed by atoms with Gasteiger partial charge in [-0.3, -0.25) is 4.79 Å². The van der Waals surface area contributed by atoms with Gasteiger partial charge in [-0.2, -0.15) is 0 Å². The lowest BCUT2D eigenvalue weighted by molar-refractivity contribution is -0.140. The summed E-state index contributed by atoms with van der Waals surface area (Å²) in [5.41, 5.74) is 3.41. The molecule has 1 aromatic carbocycles. The van der Waals surface area contributed by atoms with Crippen LogP contribution in [0.5, 0.6) is 0 Å². The van der Waals surface area contributed by atoms with Crippen LogP contribution in [-0.4, -0.2) is 19.1 Å². The molecule has 0 unspecified atom stereocenters. The van der Waals surface area contributed by atoms with Crippen LogP contribution in [0.2, 0.25) is 0 Å². The van der Waals surface area contributed by atoms with Crippen molar-refractivity contribution in [3.05, 3.63) is 29.3 Å². The lowest BCUT2D eigenvalue weighted by atomic mass is 10.1. The minimum absolute atomic E-state index is 0. The number of hydrogen-bond donors (Lipinski definition) is 1. The number of aryl methyl sites for hydroxylation is 2. The second-order valence-electron chi connectivity index (χ2n) is 3.46. The number of carbonyl (C=O) groups is 1. The Kier molecular flexibility index (Phi) is 6.58. The fraction of sp³-hybridized carbons (Fsp3) is 0.417. The fourth-order valence-electron chi connectivity index (χ4n) is 1.24. The van der Waals surface area contributed by atoms with Crippen molar-refractivity contribution in [1.82, 2.24) is 0 Å². The van der Waals surface area contributed by atoms with Crippen LogP contribution in [0.3, 0.4) is 0 Å². The first-order valence-corrected chi connectivity index (χ1v) is 5.10. The normalized spacial score (nSPS) is 9.19. The van der Waals surface area contributed by atoms with Crippen LogP contribution in [0, 0.1) is 13.8 Å². The van der Waals surface area contributed by atoms with Crippen molar-refractivity contribution in [3.8, 4) is 0 Å². The molecule has 0 fully saturated rings. The van der Waals surface area contributed by atoms with Gasteiger partial charge in [-0.1, -0.05) is 6.07 Å². The van der Waals surface area contributed by atoms with Gasteiger partial charge in [0.1, 0.15) is 6.54 Å². The number of hydrogen-bond acceptors (Lipinski definition) is 3. The quantitative estimate of drug-likeness (QED) is 0.827. The summed E-state index contributed by atoms with van der Waals surface area (Å²) < 4.78 is 4.82. The van der Waals surface area contributed by atoms with E-state index >= 15 is 0 Å². The molecule has 0 heterocycles. The van der Waals surface area contributed by atoms with Gasteiger partial charge in [0.25, 0.3) is 0 Å². The Balaban J connectivity index is 0.00000225. The molecule has 0 saturated carbocycles. The molecule has 1 N–H and O–H groups in total. The second kappa shape index (κ2) is 7.12. The highest BCUT2D eigenvalue weighted by atomic mass is 35.5. The van der Waals surface area contributed by atoms with Crippen LogP contribution in [-0.2, 0) is 9.53 Å². The standard InChI is InChI=1S/C12H17NO2.ClH/c1-4-15-12(14)8-13-11-6-5-9(2)10(3)7-11;/h5-7,13H,4,8H2,1-3H3;1H. The summed E-state index contributed by atoms with van der Waals surface area (Å²) in [5, 5.41) is 3.02. The predicted molar refractivity (Wildman–Crippen MR) is 68.3 cm³/mol. The van der Waals surface area contributed by atoms with Crippen molar-refractivity contribution in [2.75, 3.05) is 18.5 Å². The molecule has 0 bridgehead atoms. The highest BCUT2D eigenvalue weighted by Gasteiger charge is 2.01. The van der Waals surface area contributed by atoms with Crippen molar-refractivity contribution in [1.29, 1.82) is 0 Å². The van der Waals surface area contributed by atoms with Gasteiger partial charge in [0, 0.05) is 5.69 Å². The third-order valence-electron chi connectivity index (χ3n) is 2.25. The highest BCUT2D eigenvalue weighted by molar-refractivity contribution is 5.85. The van der Waals surface area contributed by atoms with E-state index in [0.29, 0.717) is 6.61 Å². The number of rotatable bonds is 4. The zero-order chi connectivity index (χ0) is 11.3. The molecule has 0 aliphatic rings. The van der Waals surface area contributed by atoms with Crippen LogP contribution in [0.1, 0.15) is 18.1 Å². The zero-order valence-electron chi connectivity index (χ0n) is 9.87. The number of ether oxygens (including phenoxy) is 1. The van der Waals surface area contributed by atoms with E-state index in [4.69, 9.17) is 4.74 Å². The number of benzene rings is 1. The van der Waals surface area contributed by atoms with Gasteiger partial charge in [0.05, 0.1) is 6.61 Å². The van der Waals surface area contributed by atoms with Crippen LogP contribution in [0.25, 0.3) is 0 Å². The number of carbonyl (C=O) groups excluding carboxylic acids is 1. The molecular weight excluding hydrogens is 226 g/mol. The summed E-state index contributed by atoms with van der Waals surface area (Å²) >= 11 is 0. The van der Waals surface area contributed by atoms with Gasteiger partial charge in [0.15, 0.2) is 0 Å². The molecule has 0 aliphatic carbocycles. The van der Waals surface area contributed by atoms with Gasteiger partial charge in [-0.15, -0.1) is 12.4 Å². The lowest BCUT2D eigenvalue weighted by Gasteiger charge is -2.07. The smallest absolute Gasteiger partial charge is 0.325 e. The predicted octanol–water partition coefficient (Wildman–Crippen LogP) is 2.70. The lowest BCUT2D eigenvalue weighted by Crippen LogP contribution is -2.16. The molecule has 90 valence electrons. The van der Waals surface area contributed by atoms with Crippen molar-refractivity contribution < 1.29 is 9.53 Å². The van der Waals surface area contributed by atoms with E-state index in [1.807, 2.05) is 25.1 Å². The second-order valence-corrected chi connectivity index (χ2v) is 3.46. The highest BCUT2D eigenvalue weighted by Crippen LogP contribution is 2.13. The summed E-state index contributed by atoms with van der Waals surface area (Å²) in [5.74, 6) is -0.226. The zero-order valence-corrected chi connectivity index (χ0v) is 10.7. The van der Waals surface area contributed by atoms with Crippen molar-refractivity contribution >= 4 is 24.1 Å². The van der Waals surface area contributed by atoms with Crippen LogP contribution in [0.15, 0.2) is 18.2 Å². The van der Waals surface area contributed by atoms with E-state index in [9.17, 15) is 4.79 Å². The topological polar surface area (TPSA) is 38.3 Å². The van der Waals surface area contributed by atoms with Gasteiger partial charge in [0.2, 0.25) is 0 Å². The Morgan fingerprint density at radius 3 is 2.56 bits per heavy atom. The Hall–Kier alpha value is -1.22. The molecular formula is C12H18ClNO2. The Bertz CT molecular complexity index is 353. The maximum Gasteiger partial charge on any atom is 0.325 e. The van der Waals surface area contributed by atoms with E-state index in [0.717, 1.165) is 5.69 Å². The van der Waals surface area contributed by atoms with Crippen molar-refractivity contribution in [3.63, 3.8) is 0 Å². The molecule has 1 rings (SSSR count). The number of anilines is 1.